The number of aryl methyl sites for hydroxylation is 1. The van der Waals surface area contributed by atoms with Gasteiger partial charge in [-0.25, -0.2) is 0 Å². The molecule has 4 rings (SSSR count). The number of carbonyl (C=O) groups is 1. The first-order valence-electron chi connectivity index (χ1n) is 11.6. The van der Waals surface area contributed by atoms with Crippen molar-refractivity contribution in [3.63, 3.8) is 0 Å². The van der Waals surface area contributed by atoms with Gasteiger partial charge < -0.3 is 10.1 Å². The number of aromatic nitrogens is 3. The molecule has 186 valence electrons. The zero-order chi connectivity index (χ0) is 25.9. The Bertz CT molecular complexity index is 1360. The maximum Gasteiger partial charge on any atom is 0.234 e. The summed E-state index contributed by atoms with van der Waals surface area (Å²) in [6, 6.07) is 21.5. The molecule has 1 heterocycles. The molecule has 0 bridgehead atoms. The van der Waals surface area contributed by atoms with E-state index in [-0.39, 0.29) is 17.1 Å². The maximum absolute atomic E-state index is 12.8. The topological polar surface area (TPSA) is 69.0 Å². The third-order valence-electron chi connectivity index (χ3n) is 5.69. The van der Waals surface area contributed by atoms with Crippen molar-refractivity contribution >= 4 is 35.0 Å². The highest BCUT2D eigenvalue weighted by atomic mass is 35.5. The SMILES string of the molecule is COc1ccc(C)cc1NC(=O)CSc1nnc(-c2ccc(C(C)(C)C)cc2)n1-c1ccc(Cl)cc1. The fourth-order valence-electron chi connectivity index (χ4n) is 3.73. The van der Waals surface area contributed by atoms with Gasteiger partial charge >= 0.3 is 0 Å². The van der Waals surface area contributed by atoms with E-state index in [2.05, 4.69) is 60.6 Å². The van der Waals surface area contributed by atoms with Gasteiger partial charge in [0, 0.05) is 16.3 Å². The monoisotopic (exact) mass is 520 g/mol. The van der Waals surface area contributed by atoms with Crippen LogP contribution in [0.2, 0.25) is 5.02 Å². The number of benzene rings is 3. The van der Waals surface area contributed by atoms with Gasteiger partial charge in [0.05, 0.1) is 18.6 Å². The van der Waals surface area contributed by atoms with Crippen LogP contribution in [-0.2, 0) is 10.2 Å². The van der Waals surface area contributed by atoms with Crippen LogP contribution in [0, 0.1) is 6.92 Å². The van der Waals surface area contributed by atoms with Crippen molar-refractivity contribution in [2.24, 2.45) is 0 Å². The van der Waals surface area contributed by atoms with Crippen LogP contribution in [-0.4, -0.2) is 33.5 Å². The smallest absolute Gasteiger partial charge is 0.234 e. The summed E-state index contributed by atoms with van der Waals surface area (Å²) in [4.78, 5) is 12.8. The van der Waals surface area contributed by atoms with Gasteiger partial charge in [-0.1, -0.05) is 74.5 Å². The quantitative estimate of drug-likeness (QED) is 0.267. The van der Waals surface area contributed by atoms with Crippen molar-refractivity contribution in [2.75, 3.05) is 18.2 Å². The van der Waals surface area contributed by atoms with Crippen molar-refractivity contribution in [3.8, 4) is 22.8 Å². The van der Waals surface area contributed by atoms with E-state index in [1.165, 1.54) is 17.3 Å². The lowest BCUT2D eigenvalue weighted by molar-refractivity contribution is -0.113. The number of rotatable bonds is 7. The van der Waals surface area contributed by atoms with Crippen LogP contribution in [0.5, 0.6) is 5.75 Å². The number of ether oxygens (including phenoxy) is 1. The van der Waals surface area contributed by atoms with Crippen LogP contribution in [0.25, 0.3) is 17.1 Å². The van der Waals surface area contributed by atoms with E-state index in [0.29, 0.717) is 27.4 Å². The average Bonchev–Trinajstić information content (AvgIpc) is 3.27. The molecule has 1 N–H and O–H groups in total. The Morgan fingerprint density at radius 3 is 2.36 bits per heavy atom. The molecule has 36 heavy (non-hydrogen) atoms. The number of methoxy groups -OCH3 is 1. The van der Waals surface area contributed by atoms with Crippen molar-refractivity contribution in [1.82, 2.24) is 14.8 Å². The molecule has 6 nitrogen and oxygen atoms in total. The highest BCUT2D eigenvalue weighted by molar-refractivity contribution is 7.99. The molecule has 0 aliphatic heterocycles. The zero-order valence-electron chi connectivity index (χ0n) is 21.0. The highest BCUT2D eigenvalue weighted by Gasteiger charge is 2.19. The first-order valence-corrected chi connectivity index (χ1v) is 12.9. The third-order valence-corrected chi connectivity index (χ3v) is 6.87. The van der Waals surface area contributed by atoms with Gasteiger partial charge in [0.25, 0.3) is 0 Å². The number of thioether (sulfide) groups is 1. The summed E-state index contributed by atoms with van der Waals surface area (Å²) in [6.07, 6.45) is 0. The van der Waals surface area contributed by atoms with E-state index in [9.17, 15) is 4.79 Å². The number of hydrogen-bond acceptors (Lipinski definition) is 5. The fraction of sp³-hybridized carbons (Fsp3) is 0.250. The van der Waals surface area contributed by atoms with Crippen molar-refractivity contribution in [1.29, 1.82) is 0 Å². The predicted molar refractivity (Wildman–Crippen MR) is 148 cm³/mol. The van der Waals surface area contributed by atoms with Crippen molar-refractivity contribution in [3.05, 3.63) is 82.9 Å². The lowest BCUT2D eigenvalue weighted by atomic mass is 9.87. The second kappa shape index (κ2) is 10.8. The van der Waals surface area contributed by atoms with E-state index < -0.39 is 0 Å². The third kappa shape index (κ3) is 5.91. The first kappa shape index (κ1) is 25.8. The van der Waals surface area contributed by atoms with E-state index in [1.54, 1.807) is 7.11 Å². The molecule has 0 atom stereocenters. The van der Waals surface area contributed by atoms with Gasteiger partial charge in [-0.15, -0.1) is 10.2 Å². The molecule has 8 heteroatoms. The van der Waals surface area contributed by atoms with Gasteiger partial charge in [-0.05, 0) is 59.9 Å². The maximum atomic E-state index is 12.8. The molecule has 4 aromatic rings. The molecule has 0 spiro atoms. The number of carbonyl (C=O) groups excluding carboxylic acids is 1. The Kier molecular flexibility index (Phi) is 7.71. The molecule has 0 saturated carbocycles. The van der Waals surface area contributed by atoms with E-state index in [0.717, 1.165) is 16.8 Å². The Labute approximate surface area is 221 Å². The van der Waals surface area contributed by atoms with E-state index >= 15 is 0 Å². The zero-order valence-corrected chi connectivity index (χ0v) is 22.6. The summed E-state index contributed by atoms with van der Waals surface area (Å²) >= 11 is 7.45. The second-order valence-corrected chi connectivity index (χ2v) is 10.9. The summed E-state index contributed by atoms with van der Waals surface area (Å²) in [7, 11) is 1.58. The Morgan fingerprint density at radius 1 is 1.03 bits per heavy atom. The largest absolute Gasteiger partial charge is 0.495 e. The number of nitrogens with zero attached hydrogens (tertiary/aromatic N) is 3. The first-order chi connectivity index (χ1) is 17.2. The predicted octanol–water partition coefficient (Wildman–Crippen LogP) is 6.93. The number of amides is 1. The fourth-order valence-corrected chi connectivity index (χ4v) is 4.61. The average molecular weight is 521 g/mol. The van der Waals surface area contributed by atoms with E-state index in [1.807, 2.05) is 54.0 Å². The summed E-state index contributed by atoms with van der Waals surface area (Å²) in [5.41, 5.74) is 4.76. The Balaban J connectivity index is 1.61. The van der Waals surface area contributed by atoms with Gasteiger partial charge in [0.2, 0.25) is 5.91 Å². The molecule has 0 fully saturated rings. The van der Waals surface area contributed by atoms with Crippen molar-refractivity contribution in [2.45, 2.75) is 38.3 Å². The lowest BCUT2D eigenvalue weighted by Crippen LogP contribution is -2.15. The molecule has 0 radical (unpaired) electrons. The molecular weight excluding hydrogens is 492 g/mol. The molecule has 0 aliphatic carbocycles. The molecule has 1 amide bonds. The van der Waals surface area contributed by atoms with Crippen LogP contribution < -0.4 is 10.1 Å². The normalized spacial score (nSPS) is 11.4. The summed E-state index contributed by atoms with van der Waals surface area (Å²) in [5, 5.41) is 13.1. The number of anilines is 1. The molecule has 0 unspecified atom stereocenters. The Hall–Kier alpha value is -3.29. The summed E-state index contributed by atoms with van der Waals surface area (Å²) in [6.45, 7) is 8.52. The van der Waals surface area contributed by atoms with Crippen LogP contribution in [0.3, 0.4) is 0 Å². The minimum atomic E-state index is -0.161. The minimum absolute atomic E-state index is 0.0523. The molecule has 0 saturated heterocycles. The summed E-state index contributed by atoms with van der Waals surface area (Å²) in [5.74, 6) is 1.31. The molecule has 0 aliphatic rings. The molecule has 1 aromatic heterocycles. The van der Waals surface area contributed by atoms with Crippen LogP contribution in [0.4, 0.5) is 5.69 Å². The van der Waals surface area contributed by atoms with Gasteiger partial charge in [0.1, 0.15) is 5.75 Å². The standard InChI is InChI=1S/C28H29ClN4O2S/c1-18-6-15-24(35-5)23(16-18)30-25(34)17-36-27-32-31-26(33(27)22-13-11-21(29)12-14-22)19-7-9-20(10-8-19)28(2,3)4/h6-16H,17H2,1-5H3,(H,30,34). The van der Waals surface area contributed by atoms with E-state index in [4.69, 9.17) is 16.3 Å². The summed E-state index contributed by atoms with van der Waals surface area (Å²) < 4.78 is 7.33. The molecule has 3 aromatic carbocycles. The molecular formula is C28H29ClN4O2S. The number of halogens is 1. The van der Waals surface area contributed by atoms with Gasteiger partial charge in [-0.2, -0.15) is 0 Å². The van der Waals surface area contributed by atoms with Crippen LogP contribution in [0.1, 0.15) is 31.9 Å². The van der Waals surface area contributed by atoms with Crippen molar-refractivity contribution < 1.29 is 9.53 Å². The highest BCUT2D eigenvalue weighted by Crippen LogP contribution is 2.31. The number of hydrogen-bond donors (Lipinski definition) is 1. The van der Waals surface area contributed by atoms with Gasteiger partial charge in [0.15, 0.2) is 11.0 Å². The second-order valence-electron chi connectivity index (χ2n) is 9.49. The van der Waals surface area contributed by atoms with Crippen LogP contribution in [0.15, 0.2) is 71.9 Å². The van der Waals surface area contributed by atoms with Crippen LogP contribution >= 0.6 is 23.4 Å². The lowest BCUT2D eigenvalue weighted by Gasteiger charge is -2.19. The Morgan fingerprint density at radius 2 is 1.72 bits per heavy atom. The van der Waals surface area contributed by atoms with Gasteiger partial charge in [-0.3, -0.25) is 9.36 Å². The number of nitrogens with one attached hydrogen (secondary N) is 1. The minimum Gasteiger partial charge on any atom is -0.495 e.